The molecule has 7 nitrogen and oxygen atoms in total. The van der Waals surface area contributed by atoms with Crippen LogP contribution in [0.1, 0.15) is 18.4 Å². The van der Waals surface area contributed by atoms with Crippen LogP contribution in [0.3, 0.4) is 0 Å². The molecule has 2 aliphatic rings. The molecule has 2 heterocycles. The Morgan fingerprint density at radius 3 is 2.64 bits per heavy atom. The fourth-order valence-electron chi connectivity index (χ4n) is 3.57. The fraction of sp³-hybridized carbons (Fsp3) is 0.556. The number of methoxy groups -OCH3 is 1. The number of carbonyl (C=O) groups excluding carboxylic acids is 1. The summed E-state index contributed by atoms with van der Waals surface area (Å²) in [5.74, 6) is -0.288. The first-order valence-corrected chi connectivity index (χ1v) is 10.5. The number of benzene rings is 1. The van der Waals surface area contributed by atoms with Crippen molar-refractivity contribution in [3.63, 3.8) is 0 Å². The number of amides is 1. The number of ether oxygens (including phenoxy) is 1. The molecule has 0 aromatic heterocycles. The van der Waals surface area contributed by atoms with Gasteiger partial charge in [-0.15, -0.1) is 4.40 Å². The number of amidine groups is 1. The van der Waals surface area contributed by atoms with Gasteiger partial charge in [-0.2, -0.15) is 8.42 Å². The SMILES string of the molecule is COCCN(CC(F)F)C(=O)C1CCN(C2=NS(=O)(=O)c3ccccc32)CC1. The molecular formula is C18H23F2N3O4S. The third-order valence-corrected chi connectivity index (χ3v) is 6.32. The van der Waals surface area contributed by atoms with Crippen LogP contribution in [0.2, 0.25) is 0 Å². The Bertz CT molecular complexity index is 852. The Morgan fingerprint density at radius 1 is 1.32 bits per heavy atom. The van der Waals surface area contributed by atoms with Crippen molar-refractivity contribution >= 4 is 21.8 Å². The second-order valence-electron chi connectivity index (χ2n) is 6.82. The zero-order chi connectivity index (χ0) is 20.3. The van der Waals surface area contributed by atoms with E-state index in [2.05, 4.69) is 4.40 Å². The van der Waals surface area contributed by atoms with Crippen LogP contribution in [0.5, 0.6) is 0 Å². The maximum atomic E-state index is 12.8. The van der Waals surface area contributed by atoms with E-state index in [0.29, 0.717) is 37.3 Å². The van der Waals surface area contributed by atoms with E-state index in [-0.39, 0.29) is 29.9 Å². The number of piperidine rings is 1. The molecule has 0 aliphatic carbocycles. The highest BCUT2D eigenvalue weighted by atomic mass is 32.2. The van der Waals surface area contributed by atoms with Gasteiger partial charge in [-0.1, -0.05) is 12.1 Å². The highest BCUT2D eigenvalue weighted by Crippen LogP contribution is 2.30. The van der Waals surface area contributed by atoms with Crippen LogP contribution in [-0.2, 0) is 19.6 Å². The topological polar surface area (TPSA) is 79.3 Å². The van der Waals surface area contributed by atoms with Crippen LogP contribution in [-0.4, -0.2) is 76.3 Å². The Morgan fingerprint density at radius 2 is 2.00 bits per heavy atom. The van der Waals surface area contributed by atoms with Crippen molar-refractivity contribution in [3.05, 3.63) is 29.8 Å². The van der Waals surface area contributed by atoms with Crippen molar-refractivity contribution in [3.8, 4) is 0 Å². The summed E-state index contributed by atoms with van der Waals surface area (Å²) in [5.41, 5.74) is 0.562. The van der Waals surface area contributed by atoms with E-state index < -0.39 is 23.0 Å². The number of nitrogens with zero attached hydrogens (tertiary/aromatic N) is 3. The maximum Gasteiger partial charge on any atom is 0.285 e. The summed E-state index contributed by atoms with van der Waals surface area (Å²) < 4.78 is 58.8. The summed E-state index contributed by atoms with van der Waals surface area (Å²) in [6.07, 6.45) is -1.70. The summed E-state index contributed by atoms with van der Waals surface area (Å²) in [6, 6.07) is 6.64. The van der Waals surface area contributed by atoms with Crippen LogP contribution in [0.15, 0.2) is 33.6 Å². The second kappa shape index (κ2) is 8.52. The van der Waals surface area contributed by atoms with Crippen molar-refractivity contribution in [2.24, 2.45) is 10.3 Å². The van der Waals surface area contributed by atoms with Crippen molar-refractivity contribution in [2.45, 2.75) is 24.2 Å². The standard InChI is InChI=1S/C18H23F2N3O4S/c1-27-11-10-23(12-16(19)20)18(24)13-6-8-22(9-7-13)17-14-4-2-3-5-15(14)28(25,26)21-17/h2-5,13,16H,6-12H2,1H3. The van der Waals surface area contributed by atoms with E-state index >= 15 is 0 Å². The smallest absolute Gasteiger partial charge is 0.285 e. The molecule has 1 fully saturated rings. The molecule has 0 saturated carbocycles. The number of hydrogen-bond acceptors (Lipinski definition) is 5. The summed E-state index contributed by atoms with van der Waals surface area (Å²) >= 11 is 0. The van der Waals surface area contributed by atoms with Gasteiger partial charge in [0.25, 0.3) is 16.4 Å². The number of sulfonamides is 1. The van der Waals surface area contributed by atoms with E-state index in [1.54, 1.807) is 18.2 Å². The lowest BCUT2D eigenvalue weighted by molar-refractivity contribution is -0.139. The number of alkyl halides is 2. The molecule has 2 aliphatic heterocycles. The van der Waals surface area contributed by atoms with Crippen molar-refractivity contribution in [1.82, 2.24) is 9.80 Å². The van der Waals surface area contributed by atoms with Crippen molar-refractivity contribution < 1.29 is 26.7 Å². The van der Waals surface area contributed by atoms with Crippen molar-refractivity contribution in [1.29, 1.82) is 0 Å². The molecule has 1 aromatic carbocycles. The quantitative estimate of drug-likeness (QED) is 0.705. The highest BCUT2D eigenvalue weighted by molar-refractivity contribution is 7.90. The van der Waals surface area contributed by atoms with Gasteiger partial charge in [-0.3, -0.25) is 4.79 Å². The lowest BCUT2D eigenvalue weighted by Crippen LogP contribution is -2.46. The number of fused-ring (bicyclic) bond motifs is 1. The number of carbonyl (C=O) groups is 1. The molecule has 154 valence electrons. The molecule has 28 heavy (non-hydrogen) atoms. The number of halogens is 2. The summed E-state index contributed by atoms with van der Waals surface area (Å²) in [7, 11) is -2.24. The van der Waals surface area contributed by atoms with E-state index in [1.165, 1.54) is 13.2 Å². The highest BCUT2D eigenvalue weighted by Gasteiger charge is 2.35. The third-order valence-electron chi connectivity index (χ3n) is 4.99. The lowest BCUT2D eigenvalue weighted by Gasteiger charge is -2.35. The van der Waals surface area contributed by atoms with Gasteiger partial charge >= 0.3 is 0 Å². The molecule has 10 heteroatoms. The van der Waals surface area contributed by atoms with Crippen molar-refractivity contribution in [2.75, 3.05) is 39.9 Å². The van der Waals surface area contributed by atoms with E-state index in [0.717, 1.165) is 4.90 Å². The monoisotopic (exact) mass is 415 g/mol. The first-order valence-electron chi connectivity index (χ1n) is 9.08. The summed E-state index contributed by atoms with van der Waals surface area (Å²) in [5, 5.41) is 0. The molecule has 0 atom stereocenters. The van der Waals surface area contributed by atoms with Gasteiger partial charge in [0, 0.05) is 38.2 Å². The Balaban J connectivity index is 1.67. The summed E-state index contributed by atoms with van der Waals surface area (Å²) in [4.78, 5) is 15.8. The molecular weight excluding hydrogens is 392 g/mol. The molecule has 0 bridgehead atoms. The Hall–Kier alpha value is -2.07. The van der Waals surface area contributed by atoms with Crippen LogP contribution < -0.4 is 0 Å². The molecule has 0 radical (unpaired) electrons. The average molecular weight is 415 g/mol. The number of likely N-dealkylation sites (tertiary alicyclic amines) is 1. The second-order valence-corrected chi connectivity index (χ2v) is 8.39. The molecule has 1 amide bonds. The first kappa shape index (κ1) is 20.7. The Labute approximate surface area is 163 Å². The molecule has 0 N–H and O–H groups in total. The predicted molar refractivity (Wildman–Crippen MR) is 98.9 cm³/mol. The minimum atomic E-state index is -3.70. The Kier molecular flexibility index (Phi) is 6.29. The van der Waals surface area contributed by atoms with Gasteiger partial charge in [0.2, 0.25) is 5.91 Å². The van der Waals surface area contributed by atoms with Crippen LogP contribution in [0.4, 0.5) is 8.78 Å². The van der Waals surface area contributed by atoms with E-state index in [4.69, 9.17) is 4.74 Å². The molecule has 1 saturated heterocycles. The van der Waals surface area contributed by atoms with Gasteiger partial charge in [0.1, 0.15) is 4.90 Å². The normalized spacial score (nSPS) is 18.9. The van der Waals surface area contributed by atoms with Crippen LogP contribution >= 0.6 is 0 Å². The van der Waals surface area contributed by atoms with Gasteiger partial charge in [0.15, 0.2) is 5.84 Å². The lowest BCUT2D eigenvalue weighted by atomic mass is 9.94. The average Bonchev–Trinajstić information content (AvgIpc) is 2.96. The zero-order valence-corrected chi connectivity index (χ0v) is 16.4. The van der Waals surface area contributed by atoms with E-state index in [9.17, 15) is 22.0 Å². The fourth-order valence-corrected chi connectivity index (χ4v) is 4.80. The molecule has 0 spiro atoms. The summed E-state index contributed by atoms with van der Waals surface area (Å²) in [6.45, 7) is 0.583. The zero-order valence-electron chi connectivity index (χ0n) is 15.6. The van der Waals surface area contributed by atoms with Crippen LogP contribution in [0.25, 0.3) is 0 Å². The van der Waals surface area contributed by atoms with Gasteiger partial charge in [-0.05, 0) is 25.0 Å². The predicted octanol–water partition coefficient (Wildman–Crippen LogP) is 1.59. The van der Waals surface area contributed by atoms with Gasteiger partial charge in [-0.25, -0.2) is 8.78 Å². The minimum absolute atomic E-state index is 0.123. The largest absolute Gasteiger partial charge is 0.383 e. The minimum Gasteiger partial charge on any atom is -0.383 e. The van der Waals surface area contributed by atoms with Gasteiger partial charge < -0.3 is 14.5 Å². The van der Waals surface area contributed by atoms with Gasteiger partial charge in [0.05, 0.1) is 13.2 Å². The number of rotatable bonds is 6. The first-order chi connectivity index (χ1) is 13.3. The maximum absolute atomic E-state index is 12.8. The number of hydrogen-bond donors (Lipinski definition) is 0. The molecule has 1 aromatic rings. The third kappa shape index (κ3) is 4.33. The molecule has 0 unspecified atom stereocenters. The van der Waals surface area contributed by atoms with E-state index in [1.807, 2.05) is 4.90 Å². The molecule has 3 rings (SSSR count). The van der Waals surface area contributed by atoms with Crippen LogP contribution in [0, 0.1) is 5.92 Å².